The van der Waals surface area contributed by atoms with Crippen LogP contribution in [0.1, 0.15) is 30.0 Å². The molecule has 0 bridgehead atoms. The maximum Gasteiger partial charge on any atom is 0.228 e. The molecule has 2 aliphatic heterocycles. The minimum absolute atomic E-state index is 0.0354. The molecule has 228 valence electrons. The molecular weight excluding hydrogens is 570 g/mol. The van der Waals surface area contributed by atoms with Crippen molar-refractivity contribution in [1.29, 1.82) is 0 Å². The van der Waals surface area contributed by atoms with E-state index in [-0.39, 0.29) is 18.2 Å². The highest BCUT2D eigenvalue weighted by Crippen LogP contribution is 2.46. The lowest BCUT2D eigenvalue weighted by molar-refractivity contribution is -0.138. The zero-order valence-electron chi connectivity index (χ0n) is 25.3. The highest BCUT2D eigenvalue weighted by molar-refractivity contribution is 6.30. The van der Waals surface area contributed by atoms with Gasteiger partial charge in [0, 0.05) is 55.4 Å². The van der Waals surface area contributed by atoms with Crippen LogP contribution in [0.15, 0.2) is 54.6 Å². The fourth-order valence-electron chi connectivity index (χ4n) is 6.17. The normalized spacial score (nSPS) is 18.8. The maximum atomic E-state index is 14.3. The molecule has 0 aromatic heterocycles. The Kier molecular flexibility index (Phi) is 9.20. The molecule has 0 radical (unpaired) electrons. The molecule has 3 aromatic carbocycles. The monoisotopic (exact) mass is 607 g/mol. The van der Waals surface area contributed by atoms with E-state index in [1.54, 1.807) is 24.1 Å². The first-order valence-electron chi connectivity index (χ1n) is 14.4. The number of carbonyl (C=O) groups is 2. The average molecular weight is 608 g/mol. The van der Waals surface area contributed by atoms with Crippen molar-refractivity contribution < 1.29 is 28.5 Å². The molecule has 2 aliphatic rings. The number of piperidine rings is 1. The first-order chi connectivity index (χ1) is 20.8. The predicted molar refractivity (Wildman–Crippen MR) is 167 cm³/mol. The molecule has 2 atom stereocenters. The summed E-state index contributed by atoms with van der Waals surface area (Å²) >= 11 is 6.29. The number of hydrogen-bond donors (Lipinski definition) is 0. The highest BCUT2D eigenvalue weighted by atomic mass is 35.5. The van der Waals surface area contributed by atoms with Gasteiger partial charge in [0.25, 0.3) is 0 Å². The van der Waals surface area contributed by atoms with Crippen LogP contribution in [0.2, 0.25) is 5.02 Å². The van der Waals surface area contributed by atoms with Gasteiger partial charge < -0.3 is 33.6 Å². The van der Waals surface area contributed by atoms with Crippen molar-refractivity contribution in [2.75, 3.05) is 64.4 Å². The minimum Gasteiger partial charge on any atom is -0.497 e. The quantitative estimate of drug-likeness (QED) is 0.334. The Morgan fingerprint density at radius 3 is 2.07 bits per heavy atom. The standard InChI is InChI=1S/C33H38ClN3O6/c1-21-6-9-23(34)18-27(21)35-14-16-36(17-15-35)33(39)26-12-13-30(38)37(31(26)22-7-10-25(40-2)11-8-22)24-19-28(41-3)32(43-5)29(20-24)42-4/h6-11,18-20,26,31H,12-17H2,1-5H3/t26-,31-/m0/s1. The van der Waals surface area contributed by atoms with E-state index in [0.29, 0.717) is 66.3 Å². The van der Waals surface area contributed by atoms with Crippen molar-refractivity contribution >= 4 is 34.8 Å². The van der Waals surface area contributed by atoms with Crippen molar-refractivity contribution in [2.24, 2.45) is 5.92 Å². The van der Waals surface area contributed by atoms with E-state index in [9.17, 15) is 9.59 Å². The Hall–Kier alpha value is -4.11. The fraction of sp³-hybridized carbons (Fsp3) is 0.394. The molecule has 5 rings (SSSR count). The highest BCUT2D eigenvalue weighted by Gasteiger charge is 2.44. The largest absolute Gasteiger partial charge is 0.497 e. The van der Waals surface area contributed by atoms with Gasteiger partial charge in [-0.3, -0.25) is 9.59 Å². The third-order valence-corrected chi connectivity index (χ3v) is 8.64. The first kappa shape index (κ1) is 30.4. The van der Waals surface area contributed by atoms with E-state index < -0.39 is 12.0 Å². The van der Waals surface area contributed by atoms with Gasteiger partial charge in [0.2, 0.25) is 17.6 Å². The second kappa shape index (κ2) is 13.0. The van der Waals surface area contributed by atoms with Gasteiger partial charge in [0.05, 0.1) is 46.1 Å². The number of ether oxygens (including phenoxy) is 4. The summed E-state index contributed by atoms with van der Waals surface area (Å²) in [5.41, 5.74) is 3.65. The molecular formula is C33H38ClN3O6. The molecule has 2 fully saturated rings. The number of nitrogens with zero attached hydrogens (tertiary/aromatic N) is 3. The van der Waals surface area contributed by atoms with Crippen molar-refractivity contribution in [3.8, 4) is 23.0 Å². The van der Waals surface area contributed by atoms with Crippen molar-refractivity contribution in [1.82, 2.24) is 4.90 Å². The molecule has 10 heteroatoms. The van der Waals surface area contributed by atoms with E-state index in [0.717, 1.165) is 16.8 Å². The van der Waals surface area contributed by atoms with E-state index in [2.05, 4.69) is 11.8 Å². The zero-order valence-corrected chi connectivity index (χ0v) is 26.0. The van der Waals surface area contributed by atoms with Gasteiger partial charge in [-0.1, -0.05) is 29.8 Å². The van der Waals surface area contributed by atoms with Crippen molar-refractivity contribution in [3.63, 3.8) is 0 Å². The summed E-state index contributed by atoms with van der Waals surface area (Å²) in [7, 11) is 6.22. The van der Waals surface area contributed by atoms with Crippen molar-refractivity contribution in [2.45, 2.75) is 25.8 Å². The Morgan fingerprint density at radius 2 is 1.49 bits per heavy atom. The second-order valence-electron chi connectivity index (χ2n) is 10.8. The third kappa shape index (κ3) is 6.04. The van der Waals surface area contributed by atoms with Crippen LogP contribution in [0, 0.1) is 12.8 Å². The Labute approximate surface area is 257 Å². The van der Waals surface area contributed by atoms with Gasteiger partial charge >= 0.3 is 0 Å². The number of rotatable bonds is 8. The molecule has 0 aliphatic carbocycles. The lowest BCUT2D eigenvalue weighted by atomic mass is 9.82. The maximum absolute atomic E-state index is 14.3. The summed E-state index contributed by atoms with van der Waals surface area (Å²) < 4.78 is 22.1. The number of aryl methyl sites for hydroxylation is 1. The molecule has 0 saturated carbocycles. The lowest BCUT2D eigenvalue weighted by Gasteiger charge is -2.44. The molecule has 2 saturated heterocycles. The van der Waals surface area contributed by atoms with E-state index >= 15 is 0 Å². The molecule has 3 aromatic rings. The molecule has 2 heterocycles. The van der Waals surface area contributed by atoms with Gasteiger partial charge in [-0.15, -0.1) is 0 Å². The number of amides is 2. The number of hydrogen-bond acceptors (Lipinski definition) is 7. The summed E-state index contributed by atoms with van der Waals surface area (Å²) in [5.74, 6) is 1.48. The van der Waals surface area contributed by atoms with Crippen LogP contribution in [0.4, 0.5) is 11.4 Å². The summed E-state index contributed by atoms with van der Waals surface area (Å²) in [5, 5.41) is 0.695. The molecule has 0 spiro atoms. The third-order valence-electron chi connectivity index (χ3n) is 8.40. The van der Waals surface area contributed by atoms with E-state index in [1.165, 1.54) is 21.3 Å². The summed E-state index contributed by atoms with van der Waals surface area (Å²) in [4.78, 5) is 33.9. The molecule has 43 heavy (non-hydrogen) atoms. The van der Waals surface area contributed by atoms with Crippen LogP contribution in [0.3, 0.4) is 0 Å². The lowest BCUT2D eigenvalue weighted by Crippen LogP contribution is -2.54. The number of piperazine rings is 1. The molecule has 0 N–H and O–H groups in total. The average Bonchev–Trinajstić information content (AvgIpc) is 3.04. The zero-order chi connectivity index (χ0) is 30.7. The summed E-state index contributed by atoms with van der Waals surface area (Å²) in [6, 6.07) is 16.4. The summed E-state index contributed by atoms with van der Waals surface area (Å²) in [6.45, 7) is 4.62. The first-order valence-corrected chi connectivity index (χ1v) is 14.7. The SMILES string of the molecule is COc1ccc([C@H]2[C@@H](C(=O)N3CCN(c4cc(Cl)ccc4C)CC3)CCC(=O)N2c2cc(OC)c(OC)c(OC)c2)cc1. The number of carbonyl (C=O) groups excluding carboxylic acids is 2. The van der Waals surface area contributed by atoms with Crippen LogP contribution in [-0.4, -0.2) is 71.3 Å². The van der Waals surface area contributed by atoms with Gasteiger partial charge in [0.1, 0.15) is 5.75 Å². The number of methoxy groups -OCH3 is 4. The fourth-order valence-corrected chi connectivity index (χ4v) is 6.34. The Balaban J connectivity index is 1.49. The minimum atomic E-state index is -0.546. The topological polar surface area (TPSA) is 80.8 Å². The van der Waals surface area contributed by atoms with E-state index in [1.807, 2.05) is 47.4 Å². The number of benzene rings is 3. The van der Waals surface area contributed by atoms with Gasteiger partial charge in [-0.05, 0) is 48.7 Å². The summed E-state index contributed by atoms with van der Waals surface area (Å²) in [6.07, 6.45) is 0.685. The van der Waals surface area contributed by atoms with Crippen LogP contribution in [-0.2, 0) is 9.59 Å². The van der Waals surface area contributed by atoms with Gasteiger partial charge in [0.15, 0.2) is 11.5 Å². The number of anilines is 2. The van der Waals surface area contributed by atoms with Crippen molar-refractivity contribution in [3.05, 3.63) is 70.7 Å². The van der Waals surface area contributed by atoms with Crippen LogP contribution in [0.25, 0.3) is 0 Å². The Bertz CT molecular complexity index is 1450. The predicted octanol–water partition coefficient (Wildman–Crippen LogP) is 5.52. The number of halogens is 1. The second-order valence-corrected chi connectivity index (χ2v) is 11.2. The molecule has 2 amide bonds. The molecule has 0 unspecified atom stereocenters. The van der Waals surface area contributed by atoms with Crippen LogP contribution < -0.4 is 28.7 Å². The Morgan fingerprint density at radius 1 is 0.837 bits per heavy atom. The molecule has 9 nitrogen and oxygen atoms in total. The van der Waals surface area contributed by atoms with Gasteiger partial charge in [-0.25, -0.2) is 0 Å². The van der Waals surface area contributed by atoms with E-state index in [4.69, 9.17) is 30.5 Å². The van der Waals surface area contributed by atoms with Crippen LogP contribution >= 0.6 is 11.6 Å². The van der Waals surface area contributed by atoms with Crippen LogP contribution in [0.5, 0.6) is 23.0 Å². The van der Waals surface area contributed by atoms with Gasteiger partial charge in [-0.2, -0.15) is 0 Å². The smallest absolute Gasteiger partial charge is 0.228 e.